The predicted octanol–water partition coefficient (Wildman–Crippen LogP) is 4.22. The number of anilines is 3. The number of sulfone groups is 1. The van der Waals surface area contributed by atoms with Gasteiger partial charge in [0, 0.05) is 25.6 Å². The van der Waals surface area contributed by atoms with E-state index in [1.807, 2.05) is 11.9 Å². The van der Waals surface area contributed by atoms with E-state index in [-0.39, 0.29) is 28.0 Å². The zero-order chi connectivity index (χ0) is 26.2. The lowest BCUT2D eigenvalue weighted by molar-refractivity contribution is -0.136. The summed E-state index contributed by atoms with van der Waals surface area (Å²) in [6.07, 6.45) is 2.05. The molecule has 2 aromatic carbocycles. The first-order chi connectivity index (χ1) is 17.7. The number of carbonyl (C=O) groups excluding carboxylic acids is 1. The topological polar surface area (TPSA) is 126 Å². The van der Waals surface area contributed by atoms with Crippen LogP contribution >= 0.6 is 11.3 Å². The maximum atomic E-state index is 13.6. The quantitative estimate of drug-likeness (QED) is 0.455. The Bertz CT molecular complexity index is 1450. The molecule has 1 saturated heterocycles. The number of fused-ring (bicyclic) bond motifs is 2. The lowest BCUT2D eigenvalue weighted by Gasteiger charge is -2.31. The van der Waals surface area contributed by atoms with E-state index in [0.29, 0.717) is 47.4 Å². The number of thiazole rings is 1. The molecule has 0 aliphatic carbocycles. The third-order valence-corrected chi connectivity index (χ3v) is 9.55. The fourth-order valence-electron chi connectivity index (χ4n) is 4.95. The second-order valence-corrected chi connectivity index (χ2v) is 12.0. The lowest BCUT2D eigenvalue weighted by Crippen LogP contribution is -2.27. The van der Waals surface area contributed by atoms with Crippen LogP contribution in [0, 0.1) is 5.92 Å². The van der Waals surface area contributed by atoms with Gasteiger partial charge in [-0.15, -0.1) is 11.3 Å². The molecule has 0 bridgehead atoms. The van der Waals surface area contributed by atoms with Crippen molar-refractivity contribution in [3.05, 3.63) is 59.1 Å². The molecule has 2 N–H and O–H groups in total. The van der Waals surface area contributed by atoms with Gasteiger partial charge in [-0.1, -0.05) is 18.2 Å². The first-order valence-corrected chi connectivity index (χ1v) is 14.4. The van der Waals surface area contributed by atoms with Crippen LogP contribution in [-0.4, -0.2) is 50.6 Å². The Labute approximate surface area is 219 Å². The van der Waals surface area contributed by atoms with Crippen molar-refractivity contribution in [1.29, 1.82) is 0 Å². The minimum atomic E-state index is -3.69. The highest BCUT2D eigenvalue weighted by Crippen LogP contribution is 2.44. The first-order valence-electron chi connectivity index (χ1n) is 12.0. The molecule has 37 heavy (non-hydrogen) atoms. The van der Waals surface area contributed by atoms with E-state index in [1.54, 1.807) is 47.8 Å². The third-order valence-electron chi connectivity index (χ3n) is 6.89. The van der Waals surface area contributed by atoms with Crippen molar-refractivity contribution < 1.29 is 27.9 Å². The molecule has 3 heterocycles. The number of benzene rings is 2. The summed E-state index contributed by atoms with van der Waals surface area (Å²) >= 11 is 1.18. The van der Waals surface area contributed by atoms with Gasteiger partial charge in [0.1, 0.15) is 0 Å². The molecule has 0 radical (unpaired) electrons. The number of rotatable bonds is 7. The van der Waals surface area contributed by atoms with Crippen molar-refractivity contribution in [2.75, 3.05) is 30.5 Å². The second-order valence-electron chi connectivity index (χ2n) is 9.31. The van der Waals surface area contributed by atoms with Crippen LogP contribution in [0.3, 0.4) is 0 Å². The molecule has 3 aromatic rings. The number of hydrogen-bond donors (Lipinski definition) is 2. The first kappa shape index (κ1) is 25.4. The molecule has 1 amide bonds. The summed E-state index contributed by atoms with van der Waals surface area (Å²) in [5, 5.41) is 13.8. The summed E-state index contributed by atoms with van der Waals surface area (Å²) < 4.78 is 32.1. The van der Waals surface area contributed by atoms with Crippen LogP contribution in [0.15, 0.2) is 57.6 Å². The van der Waals surface area contributed by atoms with Crippen LogP contribution in [0.4, 0.5) is 16.5 Å². The van der Waals surface area contributed by atoms with Gasteiger partial charge in [0.05, 0.1) is 39.2 Å². The van der Waals surface area contributed by atoms with E-state index in [4.69, 9.17) is 9.84 Å². The number of hydrogen-bond acceptors (Lipinski definition) is 8. The third kappa shape index (κ3) is 5.11. The lowest BCUT2D eigenvalue weighted by atomic mass is 9.84. The number of carbonyl (C=O) groups is 2. The molecule has 2 aliphatic heterocycles. The highest BCUT2D eigenvalue weighted by molar-refractivity contribution is 7.92. The van der Waals surface area contributed by atoms with Crippen LogP contribution in [0.5, 0.6) is 0 Å². The molecular weight excluding hydrogens is 514 g/mol. The van der Waals surface area contributed by atoms with Gasteiger partial charge in [0.25, 0.3) is 0 Å². The number of amides is 1. The second kappa shape index (κ2) is 10.2. The van der Waals surface area contributed by atoms with Gasteiger partial charge < -0.3 is 20.1 Å². The SMILES string of the molecule is CN1c2ccccc2S(=O)(=O)c2ccc(C(CC3CCOCC3)C(=O)Nc3nc(CC(=O)O)cs3)cc21. The van der Waals surface area contributed by atoms with E-state index < -0.39 is 21.7 Å². The Balaban J connectivity index is 1.48. The zero-order valence-corrected chi connectivity index (χ0v) is 21.8. The molecule has 1 aromatic heterocycles. The van der Waals surface area contributed by atoms with Crippen LogP contribution < -0.4 is 10.2 Å². The van der Waals surface area contributed by atoms with E-state index in [1.165, 1.54) is 11.3 Å². The minimum Gasteiger partial charge on any atom is -0.481 e. The van der Waals surface area contributed by atoms with Crippen LogP contribution in [0.25, 0.3) is 0 Å². The molecular formula is C26H27N3O6S2. The molecule has 194 valence electrons. The number of aromatic nitrogens is 1. The van der Waals surface area contributed by atoms with E-state index in [9.17, 15) is 18.0 Å². The summed E-state index contributed by atoms with van der Waals surface area (Å²) in [4.78, 5) is 31.1. The van der Waals surface area contributed by atoms with Gasteiger partial charge in [0.15, 0.2) is 5.13 Å². The molecule has 0 saturated carbocycles. The van der Waals surface area contributed by atoms with E-state index in [2.05, 4.69) is 10.3 Å². The number of ether oxygens (including phenoxy) is 1. The number of para-hydroxylation sites is 1. The van der Waals surface area contributed by atoms with Gasteiger partial charge in [0.2, 0.25) is 15.7 Å². The summed E-state index contributed by atoms with van der Waals surface area (Å²) in [6.45, 7) is 1.29. The fourth-order valence-corrected chi connectivity index (χ4v) is 7.36. The predicted molar refractivity (Wildman–Crippen MR) is 139 cm³/mol. The summed E-state index contributed by atoms with van der Waals surface area (Å²) in [5.74, 6) is -1.52. The number of carboxylic acids is 1. The smallest absolute Gasteiger partial charge is 0.309 e. The largest absolute Gasteiger partial charge is 0.481 e. The fraction of sp³-hybridized carbons (Fsp3) is 0.346. The maximum Gasteiger partial charge on any atom is 0.309 e. The van der Waals surface area contributed by atoms with Crippen LogP contribution in [-0.2, 0) is 30.6 Å². The van der Waals surface area contributed by atoms with Gasteiger partial charge in [-0.3, -0.25) is 9.59 Å². The normalized spacial score (nSPS) is 17.5. The maximum absolute atomic E-state index is 13.6. The molecule has 1 unspecified atom stereocenters. The number of nitrogens with one attached hydrogen (secondary N) is 1. The molecule has 0 spiro atoms. The Kier molecular flexibility index (Phi) is 7.02. The van der Waals surface area contributed by atoms with Gasteiger partial charge in [-0.2, -0.15) is 0 Å². The summed E-state index contributed by atoms with van der Waals surface area (Å²) in [6, 6.07) is 12.0. The average Bonchev–Trinajstić information content (AvgIpc) is 3.32. The van der Waals surface area contributed by atoms with Crippen LogP contribution in [0.2, 0.25) is 0 Å². The monoisotopic (exact) mass is 541 g/mol. The molecule has 1 atom stereocenters. The molecule has 11 heteroatoms. The standard InChI is InChI=1S/C26H27N3O6S2/c1-29-20-4-2-3-5-22(20)37(33,34)23-7-6-17(13-21(23)29)19(12-16-8-10-35-11-9-16)25(32)28-26-27-18(15-36-26)14-24(30)31/h2-7,13,15-16,19H,8-12,14H2,1H3,(H,30,31)(H,27,28,32). The van der Waals surface area contributed by atoms with Crippen molar-refractivity contribution in [3.63, 3.8) is 0 Å². The summed E-state index contributed by atoms with van der Waals surface area (Å²) in [5.41, 5.74) is 2.21. The van der Waals surface area contributed by atoms with E-state index >= 15 is 0 Å². The Morgan fingerprint density at radius 2 is 1.89 bits per heavy atom. The van der Waals surface area contributed by atoms with E-state index in [0.717, 1.165) is 12.8 Å². The van der Waals surface area contributed by atoms with Crippen molar-refractivity contribution in [2.45, 2.75) is 41.4 Å². The highest BCUT2D eigenvalue weighted by atomic mass is 32.2. The highest BCUT2D eigenvalue weighted by Gasteiger charge is 2.34. The van der Waals surface area contributed by atoms with Crippen molar-refractivity contribution in [2.24, 2.45) is 5.92 Å². The van der Waals surface area contributed by atoms with Crippen molar-refractivity contribution >= 4 is 49.6 Å². The Morgan fingerprint density at radius 3 is 2.65 bits per heavy atom. The molecule has 1 fully saturated rings. The molecule has 2 aliphatic rings. The number of carboxylic acid groups (broad SMARTS) is 1. The minimum absolute atomic E-state index is 0.209. The Hall–Kier alpha value is -3.28. The van der Waals surface area contributed by atoms with Gasteiger partial charge in [-0.05, 0) is 55.0 Å². The molecule has 5 rings (SSSR count). The summed E-state index contributed by atoms with van der Waals surface area (Å²) in [7, 11) is -1.87. The number of aliphatic carboxylic acids is 1. The van der Waals surface area contributed by atoms with Crippen molar-refractivity contribution in [3.8, 4) is 0 Å². The Morgan fingerprint density at radius 1 is 1.16 bits per heavy atom. The molecule has 9 nitrogen and oxygen atoms in total. The van der Waals surface area contributed by atoms with Crippen LogP contribution in [0.1, 0.15) is 36.4 Å². The van der Waals surface area contributed by atoms with Gasteiger partial charge >= 0.3 is 5.97 Å². The van der Waals surface area contributed by atoms with Crippen molar-refractivity contribution in [1.82, 2.24) is 4.98 Å². The number of nitrogens with zero attached hydrogens (tertiary/aromatic N) is 2. The zero-order valence-electron chi connectivity index (χ0n) is 20.2. The van der Waals surface area contributed by atoms with Gasteiger partial charge in [-0.25, -0.2) is 13.4 Å². The average molecular weight is 542 g/mol.